The number of hydrogen-bond acceptors (Lipinski definition) is 5. The molecule has 0 radical (unpaired) electrons. The Labute approximate surface area is 100 Å². The fourth-order valence-corrected chi connectivity index (χ4v) is 1.46. The van der Waals surface area contributed by atoms with Gasteiger partial charge >= 0.3 is 5.97 Å². The SMILES string of the molecule is CCOC(=O)C(C)(C#N)c1cc(C)nc(C)n1. The van der Waals surface area contributed by atoms with Crippen LogP contribution in [0.15, 0.2) is 6.07 Å². The maximum absolute atomic E-state index is 11.8. The largest absolute Gasteiger partial charge is 0.465 e. The summed E-state index contributed by atoms with van der Waals surface area (Å²) in [5.74, 6) is -0.0502. The molecule has 1 heterocycles. The number of rotatable bonds is 3. The number of aryl methyl sites for hydroxylation is 2. The van der Waals surface area contributed by atoms with Crippen LogP contribution in [0.25, 0.3) is 0 Å². The number of ether oxygens (including phenoxy) is 1. The minimum absolute atomic E-state index is 0.235. The van der Waals surface area contributed by atoms with Crippen LogP contribution in [-0.4, -0.2) is 22.5 Å². The van der Waals surface area contributed by atoms with Crippen molar-refractivity contribution in [2.45, 2.75) is 33.1 Å². The third kappa shape index (κ3) is 2.59. The molecule has 0 N–H and O–H groups in total. The van der Waals surface area contributed by atoms with Crippen LogP contribution in [0.5, 0.6) is 0 Å². The van der Waals surface area contributed by atoms with Gasteiger partial charge in [0.05, 0.1) is 18.4 Å². The van der Waals surface area contributed by atoms with Crippen molar-refractivity contribution in [3.63, 3.8) is 0 Å². The van der Waals surface area contributed by atoms with Crippen LogP contribution in [0.1, 0.15) is 31.1 Å². The summed E-state index contributed by atoms with van der Waals surface area (Å²) in [7, 11) is 0. The Morgan fingerprint density at radius 1 is 1.53 bits per heavy atom. The zero-order valence-corrected chi connectivity index (χ0v) is 10.4. The van der Waals surface area contributed by atoms with Crippen LogP contribution in [0.4, 0.5) is 0 Å². The van der Waals surface area contributed by atoms with E-state index < -0.39 is 11.4 Å². The van der Waals surface area contributed by atoms with Gasteiger partial charge in [-0.25, -0.2) is 14.8 Å². The molecule has 0 fully saturated rings. The Kier molecular flexibility index (Phi) is 3.79. The zero-order valence-electron chi connectivity index (χ0n) is 10.4. The van der Waals surface area contributed by atoms with Gasteiger partial charge in [0, 0.05) is 5.69 Å². The standard InChI is InChI=1S/C12H15N3O2/c1-5-17-11(16)12(4,7-13)10-6-8(2)14-9(3)15-10/h6H,5H2,1-4H3. The van der Waals surface area contributed by atoms with Gasteiger partial charge < -0.3 is 4.74 Å². The molecule has 0 aliphatic heterocycles. The lowest BCUT2D eigenvalue weighted by Crippen LogP contribution is -2.34. The second-order valence-electron chi connectivity index (χ2n) is 3.90. The Bertz CT molecular complexity index is 459. The van der Waals surface area contributed by atoms with Gasteiger partial charge in [-0.1, -0.05) is 0 Å². The molecule has 5 heteroatoms. The van der Waals surface area contributed by atoms with Gasteiger partial charge in [0.15, 0.2) is 5.41 Å². The number of carbonyl (C=O) groups is 1. The average molecular weight is 233 g/mol. The van der Waals surface area contributed by atoms with Crippen molar-refractivity contribution in [1.29, 1.82) is 5.26 Å². The molecule has 17 heavy (non-hydrogen) atoms. The van der Waals surface area contributed by atoms with Crippen molar-refractivity contribution in [3.8, 4) is 6.07 Å². The highest BCUT2D eigenvalue weighted by Gasteiger charge is 2.39. The van der Waals surface area contributed by atoms with Gasteiger partial charge in [0.1, 0.15) is 5.82 Å². The van der Waals surface area contributed by atoms with Crippen molar-refractivity contribution in [3.05, 3.63) is 23.3 Å². The third-order valence-electron chi connectivity index (χ3n) is 2.39. The van der Waals surface area contributed by atoms with E-state index in [4.69, 9.17) is 4.74 Å². The van der Waals surface area contributed by atoms with Crippen LogP contribution in [0.3, 0.4) is 0 Å². The first-order chi connectivity index (χ1) is 7.93. The third-order valence-corrected chi connectivity index (χ3v) is 2.39. The van der Waals surface area contributed by atoms with E-state index in [2.05, 4.69) is 9.97 Å². The summed E-state index contributed by atoms with van der Waals surface area (Å²) in [4.78, 5) is 20.1. The lowest BCUT2D eigenvalue weighted by molar-refractivity contribution is -0.147. The lowest BCUT2D eigenvalue weighted by atomic mass is 9.88. The van der Waals surface area contributed by atoms with Crippen LogP contribution in [0.2, 0.25) is 0 Å². The summed E-state index contributed by atoms with van der Waals surface area (Å²) < 4.78 is 4.91. The smallest absolute Gasteiger partial charge is 0.332 e. The second-order valence-corrected chi connectivity index (χ2v) is 3.90. The molecule has 1 aromatic heterocycles. The molecule has 0 amide bonds. The van der Waals surface area contributed by atoms with Gasteiger partial charge in [-0.05, 0) is 33.8 Å². The van der Waals surface area contributed by atoms with Crippen molar-refractivity contribution in [2.75, 3.05) is 6.61 Å². The monoisotopic (exact) mass is 233 g/mol. The molecule has 0 aliphatic rings. The zero-order chi connectivity index (χ0) is 13.1. The van der Waals surface area contributed by atoms with Crippen molar-refractivity contribution >= 4 is 5.97 Å². The fourth-order valence-electron chi connectivity index (χ4n) is 1.46. The summed E-state index contributed by atoms with van der Waals surface area (Å²) in [6, 6.07) is 3.60. The molecule has 0 bridgehead atoms. The first-order valence-corrected chi connectivity index (χ1v) is 5.35. The predicted octanol–water partition coefficient (Wildman–Crippen LogP) is 1.44. The molecule has 1 rings (SSSR count). The minimum atomic E-state index is -1.38. The molecule has 1 aromatic rings. The summed E-state index contributed by atoms with van der Waals surface area (Å²) in [5, 5.41) is 9.21. The molecular weight excluding hydrogens is 218 g/mol. The maximum Gasteiger partial charge on any atom is 0.332 e. The Hall–Kier alpha value is -1.96. The topological polar surface area (TPSA) is 75.9 Å². The van der Waals surface area contributed by atoms with E-state index in [1.54, 1.807) is 26.8 Å². The van der Waals surface area contributed by atoms with E-state index in [0.29, 0.717) is 11.5 Å². The minimum Gasteiger partial charge on any atom is -0.465 e. The summed E-state index contributed by atoms with van der Waals surface area (Å²) in [6.07, 6.45) is 0. The number of esters is 1. The van der Waals surface area contributed by atoms with Crippen LogP contribution in [0, 0.1) is 25.2 Å². The molecule has 0 saturated carbocycles. The molecule has 5 nitrogen and oxygen atoms in total. The van der Waals surface area contributed by atoms with E-state index in [0.717, 1.165) is 5.69 Å². The first kappa shape index (κ1) is 13.1. The van der Waals surface area contributed by atoms with Crippen LogP contribution >= 0.6 is 0 Å². The van der Waals surface area contributed by atoms with E-state index in [-0.39, 0.29) is 6.61 Å². The number of carbonyl (C=O) groups excluding carboxylic acids is 1. The molecule has 0 aromatic carbocycles. The van der Waals surface area contributed by atoms with Gasteiger partial charge in [-0.2, -0.15) is 5.26 Å². The van der Waals surface area contributed by atoms with E-state index in [1.165, 1.54) is 6.92 Å². The summed E-state index contributed by atoms with van der Waals surface area (Å²) in [6.45, 7) is 6.96. The van der Waals surface area contributed by atoms with E-state index in [9.17, 15) is 10.1 Å². The molecule has 90 valence electrons. The van der Waals surface area contributed by atoms with Crippen molar-refractivity contribution < 1.29 is 9.53 Å². The van der Waals surface area contributed by atoms with Crippen molar-refractivity contribution in [2.24, 2.45) is 0 Å². The number of hydrogen-bond donors (Lipinski definition) is 0. The van der Waals surface area contributed by atoms with Crippen LogP contribution < -0.4 is 0 Å². The molecule has 0 spiro atoms. The fraction of sp³-hybridized carbons (Fsp3) is 0.500. The molecule has 1 unspecified atom stereocenters. The molecule has 1 atom stereocenters. The molecular formula is C12H15N3O2. The van der Waals surface area contributed by atoms with Gasteiger partial charge in [-0.3, -0.25) is 0 Å². The number of aromatic nitrogens is 2. The molecule has 0 saturated heterocycles. The Morgan fingerprint density at radius 3 is 2.65 bits per heavy atom. The highest BCUT2D eigenvalue weighted by atomic mass is 16.5. The van der Waals surface area contributed by atoms with Gasteiger partial charge in [0.25, 0.3) is 0 Å². The highest BCUT2D eigenvalue weighted by Crippen LogP contribution is 2.23. The van der Waals surface area contributed by atoms with Crippen molar-refractivity contribution in [1.82, 2.24) is 9.97 Å². The summed E-state index contributed by atoms with van der Waals surface area (Å²) >= 11 is 0. The Balaban J connectivity index is 3.26. The van der Waals surface area contributed by atoms with Crippen LogP contribution in [-0.2, 0) is 14.9 Å². The second kappa shape index (κ2) is 4.91. The Morgan fingerprint density at radius 2 is 2.18 bits per heavy atom. The highest BCUT2D eigenvalue weighted by molar-refractivity contribution is 5.85. The van der Waals surface area contributed by atoms with E-state index in [1.807, 2.05) is 6.07 Å². The number of nitriles is 1. The average Bonchev–Trinajstić information content (AvgIpc) is 2.26. The quantitative estimate of drug-likeness (QED) is 0.738. The lowest BCUT2D eigenvalue weighted by Gasteiger charge is -2.19. The summed E-state index contributed by atoms with van der Waals surface area (Å²) in [5.41, 5.74) is -0.282. The number of nitrogens with zero attached hydrogens (tertiary/aromatic N) is 3. The maximum atomic E-state index is 11.8. The first-order valence-electron chi connectivity index (χ1n) is 5.35. The van der Waals surface area contributed by atoms with Gasteiger partial charge in [0.2, 0.25) is 0 Å². The molecule has 0 aliphatic carbocycles. The predicted molar refractivity (Wildman–Crippen MR) is 61.1 cm³/mol. The normalized spacial score (nSPS) is 13.6. The van der Waals surface area contributed by atoms with E-state index >= 15 is 0 Å². The van der Waals surface area contributed by atoms with Gasteiger partial charge in [-0.15, -0.1) is 0 Å².